The molecule has 16 heavy (non-hydrogen) atoms. The topological polar surface area (TPSA) is 53.1 Å². The van der Waals surface area contributed by atoms with E-state index in [1.54, 1.807) is 12.3 Å². The van der Waals surface area contributed by atoms with E-state index in [0.29, 0.717) is 11.3 Å². The van der Waals surface area contributed by atoms with Crippen LogP contribution in [-0.4, -0.2) is 16.1 Å². The van der Waals surface area contributed by atoms with Crippen molar-refractivity contribution in [2.24, 2.45) is 0 Å². The smallest absolute Gasteiger partial charge is 0.337 e. The predicted octanol–water partition coefficient (Wildman–Crippen LogP) is 3.00. The van der Waals surface area contributed by atoms with Crippen molar-refractivity contribution in [3.63, 3.8) is 0 Å². The van der Waals surface area contributed by atoms with Gasteiger partial charge in [-0.1, -0.05) is 12.1 Å². The average molecular weight is 215 g/mol. The van der Waals surface area contributed by atoms with Crippen LogP contribution in [0.1, 0.15) is 21.5 Å². The quantitative estimate of drug-likeness (QED) is 0.809. The maximum Gasteiger partial charge on any atom is 0.337 e. The normalized spacial score (nSPS) is 10.4. The summed E-state index contributed by atoms with van der Waals surface area (Å²) in [6, 6.07) is 7.50. The lowest BCUT2D eigenvalue weighted by atomic mass is 10.0. The lowest BCUT2D eigenvalue weighted by Crippen LogP contribution is -1.97. The summed E-state index contributed by atoms with van der Waals surface area (Å²) in [4.78, 5) is 14.0. The number of carboxylic acids is 1. The van der Waals surface area contributed by atoms with Gasteiger partial charge in [-0.05, 0) is 42.7 Å². The van der Waals surface area contributed by atoms with Crippen molar-refractivity contribution in [3.05, 3.63) is 47.2 Å². The van der Waals surface area contributed by atoms with Crippen LogP contribution in [0, 0.1) is 13.8 Å². The fraction of sp³-hybridized carbons (Fsp3) is 0.154. The Labute approximate surface area is 93.7 Å². The van der Waals surface area contributed by atoms with Crippen molar-refractivity contribution in [1.82, 2.24) is 4.98 Å². The van der Waals surface area contributed by atoms with Gasteiger partial charge in [0.25, 0.3) is 0 Å². The molecule has 0 spiro atoms. The standard InChI is InChI=1S/C13H13NO2/c1-8-3-4-10(7-9(8)2)12-11(13(15)16)5-6-14-12/h3-7,14H,1-2H3,(H,15,16). The zero-order valence-corrected chi connectivity index (χ0v) is 9.24. The van der Waals surface area contributed by atoms with Crippen molar-refractivity contribution < 1.29 is 9.90 Å². The Morgan fingerprint density at radius 1 is 1.19 bits per heavy atom. The molecule has 0 aliphatic carbocycles. The molecule has 0 saturated heterocycles. The molecule has 0 aliphatic heterocycles. The molecule has 0 saturated carbocycles. The van der Waals surface area contributed by atoms with E-state index in [1.807, 2.05) is 32.0 Å². The minimum atomic E-state index is -0.908. The van der Waals surface area contributed by atoms with Crippen molar-refractivity contribution in [2.75, 3.05) is 0 Å². The van der Waals surface area contributed by atoms with E-state index >= 15 is 0 Å². The summed E-state index contributed by atoms with van der Waals surface area (Å²) < 4.78 is 0. The molecule has 0 bridgehead atoms. The fourth-order valence-corrected chi connectivity index (χ4v) is 1.68. The molecule has 2 N–H and O–H groups in total. The third-order valence-electron chi connectivity index (χ3n) is 2.77. The number of nitrogens with one attached hydrogen (secondary N) is 1. The highest BCUT2D eigenvalue weighted by atomic mass is 16.4. The molecule has 3 nitrogen and oxygen atoms in total. The highest BCUT2D eigenvalue weighted by Crippen LogP contribution is 2.24. The summed E-state index contributed by atoms with van der Waals surface area (Å²) >= 11 is 0. The number of hydrogen-bond donors (Lipinski definition) is 2. The lowest BCUT2D eigenvalue weighted by molar-refractivity contribution is 0.0698. The van der Waals surface area contributed by atoms with Crippen LogP contribution in [0.15, 0.2) is 30.5 Å². The molecule has 1 aromatic carbocycles. The second-order valence-corrected chi connectivity index (χ2v) is 3.87. The first-order valence-electron chi connectivity index (χ1n) is 5.08. The third kappa shape index (κ3) is 1.72. The first kappa shape index (κ1) is 10.5. The van der Waals surface area contributed by atoms with Crippen molar-refractivity contribution in [2.45, 2.75) is 13.8 Å². The molecular weight excluding hydrogens is 202 g/mol. The summed E-state index contributed by atoms with van der Waals surface area (Å²) in [7, 11) is 0. The second-order valence-electron chi connectivity index (χ2n) is 3.87. The van der Waals surface area contributed by atoms with Gasteiger partial charge in [0.2, 0.25) is 0 Å². The van der Waals surface area contributed by atoms with Crippen LogP contribution in [0.2, 0.25) is 0 Å². The molecule has 0 amide bonds. The molecule has 82 valence electrons. The van der Waals surface area contributed by atoms with Gasteiger partial charge in [0.15, 0.2) is 0 Å². The van der Waals surface area contributed by atoms with Gasteiger partial charge in [-0.15, -0.1) is 0 Å². The second kappa shape index (κ2) is 3.85. The number of aryl methyl sites for hydroxylation is 2. The van der Waals surface area contributed by atoms with Crippen molar-refractivity contribution in [3.8, 4) is 11.3 Å². The minimum absolute atomic E-state index is 0.309. The predicted molar refractivity (Wildman–Crippen MR) is 62.7 cm³/mol. The molecule has 0 radical (unpaired) electrons. The monoisotopic (exact) mass is 215 g/mol. The van der Waals surface area contributed by atoms with Crippen LogP contribution in [0.3, 0.4) is 0 Å². The van der Waals surface area contributed by atoms with Crippen molar-refractivity contribution in [1.29, 1.82) is 0 Å². The van der Waals surface area contributed by atoms with E-state index in [1.165, 1.54) is 5.56 Å². The summed E-state index contributed by atoms with van der Waals surface area (Å²) in [6.45, 7) is 4.05. The van der Waals surface area contributed by atoms with E-state index in [2.05, 4.69) is 4.98 Å². The molecule has 0 fully saturated rings. The Morgan fingerprint density at radius 3 is 2.56 bits per heavy atom. The van der Waals surface area contributed by atoms with Gasteiger partial charge < -0.3 is 10.1 Å². The van der Waals surface area contributed by atoms with E-state index in [4.69, 9.17) is 5.11 Å². The minimum Gasteiger partial charge on any atom is -0.478 e. The number of aromatic carboxylic acids is 1. The number of H-pyrrole nitrogens is 1. The average Bonchev–Trinajstić information content (AvgIpc) is 2.71. The molecule has 2 rings (SSSR count). The number of rotatable bonds is 2. The van der Waals surface area contributed by atoms with Gasteiger partial charge in [0.05, 0.1) is 11.3 Å². The zero-order valence-electron chi connectivity index (χ0n) is 9.24. The first-order chi connectivity index (χ1) is 7.59. The highest BCUT2D eigenvalue weighted by molar-refractivity contribution is 5.95. The van der Waals surface area contributed by atoms with E-state index in [9.17, 15) is 4.79 Å². The number of carbonyl (C=O) groups is 1. The lowest BCUT2D eigenvalue weighted by Gasteiger charge is -2.05. The van der Waals surface area contributed by atoms with Gasteiger partial charge in [-0.3, -0.25) is 0 Å². The fourth-order valence-electron chi connectivity index (χ4n) is 1.68. The number of carboxylic acid groups (broad SMARTS) is 1. The van der Waals surface area contributed by atoms with Crippen molar-refractivity contribution >= 4 is 5.97 Å². The van der Waals surface area contributed by atoms with Crippen LogP contribution in [-0.2, 0) is 0 Å². The Kier molecular flexibility index (Phi) is 2.52. The maximum absolute atomic E-state index is 11.0. The van der Waals surface area contributed by atoms with E-state index < -0.39 is 5.97 Å². The van der Waals surface area contributed by atoms with Gasteiger partial charge in [0.1, 0.15) is 0 Å². The SMILES string of the molecule is Cc1ccc(-c2[nH]ccc2C(=O)O)cc1C. The molecule has 2 aromatic rings. The number of aromatic nitrogens is 1. The molecular formula is C13H13NO2. The van der Waals surface area contributed by atoms with Crippen LogP contribution < -0.4 is 0 Å². The number of aromatic amines is 1. The molecule has 0 atom stereocenters. The summed E-state index contributed by atoms with van der Waals surface area (Å²) in [5.41, 5.74) is 4.24. The van der Waals surface area contributed by atoms with E-state index in [-0.39, 0.29) is 0 Å². The Morgan fingerprint density at radius 2 is 1.94 bits per heavy atom. The molecule has 3 heteroatoms. The van der Waals surface area contributed by atoms with Gasteiger partial charge in [-0.25, -0.2) is 4.79 Å². The Bertz CT molecular complexity index is 541. The highest BCUT2D eigenvalue weighted by Gasteiger charge is 2.12. The number of benzene rings is 1. The maximum atomic E-state index is 11.0. The molecule has 1 heterocycles. The van der Waals surface area contributed by atoms with Gasteiger partial charge in [0, 0.05) is 6.20 Å². The Hall–Kier alpha value is -2.03. The summed E-state index contributed by atoms with van der Waals surface area (Å²) in [6.07, 6.45) is 1.65. The molecule has 0 unspecified atom stereocenters. The summed E-state index contributed by atoms with van der Waals surface area (Å²) in [5.74, 6) is -0.908. The Balaban J connectivity index is 2.54. The largest absolute Gasteiger partial charge is 0.478 e. The van der Waals surface area contributed by atoms with E-state index in [0.717, 1.165) is 11.1 Å². The molecule has 0 aliphatic rings. The van der Waals surface area contributed by atoms with Gasteiger partial charge in [-0.2, -0.15) is 0 Å². The zero-order chi connectivity index (χ0) is 11.7. The van der Waals surface area contributed by atoms with Gasteiger partial charge >= 0.3 is 5.97 Å². The van der Waals surface area contributed by atoms with Crippen LogP contribution in [0.25, 0.3) is 11.3 Å². The third-order valence-corrected chi connectivity index (χ3v) is 2.77. The van der Waals surface area contributed by atoms with Crippen LogP contribution in [0.5, 0.6) is 0 Å². The first-order valence-corrected chi connectivity index (χ1v) is 5.08. The summed E-state index contributed by atoms with van der Waals surface area (Å²) in [5, 5.41) is 9.02. The molecule has 1 aromatic heterocycles. The number of hydrogen-bond acceptors (Lipinski definition) is 1. The van der Waals surface area contributed by atoms with Crippen LogP contribution in [0.4, 0.5) is 0 Å². The van der Waals surface area contributed by atoms with Crippen LogP contribution >= 0.6 is 0 Å².